The van der Waals surface area contributed by atoms with Crippen LogP contribution in [-0.2, 0) is 9.59 Å². The molecule has 5 rings (SSSR count). The van der Waals surface area contributed by atoms with E-state index in [0.717, 1.165) is 22.6 Å². The maximum absolute atomic E-state index is 13.2. The molecule has 224 valence electrons. The number of aromatic nitrogens is 3. The number of rotatable bonds is 9. The van der Waals surface area contributed by atoms with Gasteiger partial charge in [0.1, 0.15) is 11.6 Å². The van der Waals surface area contributed by atoms with E-state index in [1.165, 1.54) is 30.3 Å². The number of pyridine rings is 1. The van der Waals surface area contributed by atoms with Gasteiger partial charge in [0.15, 0.2) is 0 Å². The number of nitrogens with zero attached hydrogens (tertiary/aromatic N) is 3. The van der Waals surface area contributed by atoms with Crippen LogP contribution >= 0.6 is 0 Å². The van der Waals surface area contributed by atoms with Crippen molar-refractivity contribution in [2.24, 2.45) is 5.92 Å². The third-order valence-electron chi connectivity index (χ3n) is 7.64. The van der Waals surface area contributed by atoms with E-state index in [0.29, 0.717) is 25.5 Å². The third-order valence-corrected chi connectivity index (χ3v) is 7.64. The van der Waals surface area contributed by atoms with Gasteiger partial charge in [0.05, 0.1) is 5.69 Å². The Bertz CT molecular complexity index is 1370. The zero-order chi connectivity index (χ0) is 30.3. The number of aromatic amines is 1. The number of likely N-dealkylation sites (tertiary alicyclic amines) is 1. The summed E-state index contributed by atoms with van der Waals surface area (Å²) in [6.07, 6.45) is 7.16. The number of piperidine rings is 1. The fourth-order valence-electron chi connectivity index (χ4n) is 5.21. The lowest BCUT2D eigenvalue weighted by Crippen LogP contribution is -2.39. The summed E-state index contributed by atoms with van der Waals surface area (Å²) in [5.74, 6) is -1.48. The summed E-state index contributed by atoms with van der Waals surface area (Å²) in [4.78, 5) is 30.5. The summed E-state index contributed by atoms with van der Waals surface area (Å²) in [5, 5.41) is 9.80. The monoisotopic (exact) mass is 577 g/mol. The van der Waals surface area contributed by atoms with Gasteiger partial charge >= 0.3 is 0 Å². The lowest BCUT2D eigenvalue weighted by Gasteiger charge is -2.30. The molecule has 1 atom stereocenters. The Morgan fingerprint density at radius 3 is 2.43 bits per heavy atom. The van der Waals surface area contributed by atoms with E-state index in [1.807, 2.05) is 56.0 Å². The number of carbonyl (C=O) groups excluding carboxylic acids is 2. The Kier molecular flexibility index (Phi) is 10.4. The van der Waals surface area contributed by atoms with Gasteiger partial charge in [-0.15, -0.1) is 0 Å². The predicted octanol–water partition coefficient (Wildman–Crippen LogP) is 6.90. The first-order chi connectivity index (χ1) is 20.0. The van der Waals surface area contributed by atoms with Crippen LogP contribution in [0.15, 0.2) is 60.8 Å². The number of Topliss-reactive ketones (excluding diaryl/α,β-unsaturated/α-hetero) is 1. The second-order valence-electron chi connectivity index (χ2n) is 11.7. The van der Waals surface area contributed by atoms with Gasteiger partial charge in [-0.3, -0.25) is 19.6 Å². The molecule has 1 unspecified atom stereocenters. The average Bonchev–Trinajstić information content (AvgIpc) is 3.70. The van der Waals surface area contributed by atoms with Crippen LogP contribution in [0.5, 0.6) is 0 Å². The van der Waals surface area contributed by atoms with Crippen molar-refractivity contribution in [2.45, 2.75) is 71.1 Å². The average molecular weight is 578 g/mol. The molecule has 1 aliphatic carbocycles. The largest absolute Gasteiger partial charge is 0.307 e. The van der Waals surface area contributed by atoms with Crippen molar-refractivity contribution >= 4 is 17.5 Å². The molecule has 9 heteroatoms. The Balaban J connectivity index is 0.000000377. The molecule has 1 saturated heterocycles. The molecule has 3 aromatic rings. The molecule has 1 amide bonds. The molecule has 2 N–H and O–H groups in total. The van der Waals surface area contributed by atoms with E-state index in [2.05, 4.69) is 26.6 Å². The fourth-order valence-corrected chi connectivity index (χ4v) is 5.21. The highest BCUT2D eigenvalue weighted by atomic mass is 19.3. The molecule has 7 nitrogen and oxygen atoms in total. The van der Waals surface area contributed by atoms with E-state index >= 15 is 0 Å². The third kappa shape index (κ3) is 9.14. The second kappa shape index (κ2) is 14.0. The molecule has 2 fully saturated rings. The number of carbonyl (C=O) groups is 2. The number of alkyl halides is 2. The SMILES string of the molecule is CC(=O)C(c1cccc(-c2ccc(NC(=O)/C=C/CN3CCC(F)(F)CC3)nc2)c1)C(C)C.Cc1cc(C2CC2)n[nH]1. The minimum atomic E-state index is -2.57. The number of nitrogens with one attached hydrogen (secondary N) is 2. The first-order valence-corrected chi connectivity index (χ1v) is 14.7. The topological polar surface area (TPSA) is 91.0 Å². The molecule has 0 spiro atoms. The van der Waals surface area contributed by atoms with Gasteiger partial charge in [-0.1, -0.05) is 44.2 Å². The number of hydrogen-bond acceptors (Lipinski definition) is 5. The van der Waals surface area contributed by atoms with E-state index in [4.69, 9.17) is 0 Å². The summed E-state index contributed by atoms with van der Waals surface area (Å²) in [7, 11) is 0. The molecule has 1 saturated carbocycles. The number of hydrogen-bond donors (Lipinski definition) is 2. The lowest BCUT2D eigenvalue weighted by atomic mass is 9.84. The zero-order valence-corrected chi connectivity index (χ0v) is 24.9. The number of benzene rings is 1. The Morgan fingerprint density at radius 1 is 1.12 bits per heavy atom. The van der Waals surface area contributed by atoms with Crippen molar-refractivity contribution in [1.29, 1.82) is 0 Å². The van der Waals surface area contributed by atoms with E-state index in [1.54, 1.807) is 25.3 Å². The summed E-state index contributed by atoms with van der Waals surface area (Å²) in [6, 6.07) is 13.6. The minimum absolute atomic E-state index is 0.140. The van der Waals surface area contributed by atoms with Crippen molar-refractivity contribution < 1.29 is 18.4 Å². The highest BCUT2D eigenvalue weighted by Crippen LogP contribution is 2.38. The van der Waals surface area contributed by atoms with Crippen molar-refractivity contribution in [3.63, 3.8) is 0 Å². The van der Waals surface area contributed by atoms with Crippen molar-refractivity contribution in [2.75, 3.05) is 25.0 Å². The van der Waals surface area contributed by atoms with Gasteiger partial charge in [-0.25, -0.2) is 13.8 Å². The summed E-state index contributed by atoms with van der Waals surface area (Å²) in [5.41, 5.74) is 5.26. The molecule has 0 radical (unpaired) electrons. The smallest absolute Gasteiger partial charge is 0.250 e. The molecule has 1 aliphatic heterocycles. The standard InChI is InChI=1S/C26H31F2N3O2.C7H10N2/c1-18(2)25(19(3)32)21-7-4-6-20(16-21)22-9-10-23(29-17-22)30-24(33)8-5-13-31-14-11-26(27,28)12-15-31;1-5-4-7(9-8-5)6-2-3-6/h4-10,16-18,25H,11-15H2,1-3H3,(H,29,30,33);4,6H,2-3H2,1H3,(H,8,9)/b8-5+;. The highest BCUT2D eigenvalue weighted by Gasteiger charge is 2.33. The quantitative estimate of drug-likeness (QED) is 0.270. The van der Waals surface area contributed by atoms with Crippen LogP contribution in [0.2, 0.25) is 0 Å². The van der Waals surface area contributed by atoms with Crippen LogP contribution in [0, 0.1) is 12.8 Å². The van der Waals surface area contributed by atoms with Gasteiger partial charge in [0.25, 0.3) is 5.92 Å². The van der Waals surface area contributed by atoms with Crippen molar-refractivity contribution in [3.05, 3.63) is 77.8 Å². The predicted molar refractivity (Wildman–Crippen MR) is 162 cm³/mol. The van der Waals surface area contributed by atoms with Crippen molar-refractivity contribution in [3.8, 4) is 11.1 Å². The van der Waals surface area contributed by atoms with E-state index < -0.39 is 5.92 Å². The first kappa shape index (κ1) is 31.2. The molecule has 2 aromatic heterocycles. The molecule has 42 heavy (non-hydrogen) atoms. The van der Waals surface area contributed by atoms with Crippen molar-refractivity contribution in [1.82, 2.24) is 20.1 Å². The Hall–Kier alpha value is -3.72. The van der Waals surface area contributed by atoms with Gasteiger partial charge < -0.3 is 5.32 Å². The van der Waals surface area contributed by atoms with Crippen LogP contribution < -0.4 is 5.32 Å². The molecule has 2 aliphatic rings. The first-order valence-electron chi connectivity index (χ1n) is 14.7. The molecule has 1 aromatic carbocycles. The fraction of sp³-hybridized carbons (Fsp3) is 0.455. The van der Waals surface area contributed by atoms with Gasteiger partial charge in [0, 0.05) is 67.8 Å². The highest BCUT2D eigenvalue weighted by molar-refractivity contribution is 5.98. The summed E-state index contributed by atoms with van der Waals surface area (Å²) in [6.45, 7) is 8.86. The second-order valence-corrected chi connectivity index (χ2v) is 11.7. The normalized spacial score (nSPS) is 17.5. The van der Waals surface area contributed by atoms with E-state index in [9.17, 15) is 18.4 Å². The van der Waals surface area contributed by atoms with Crippen LogP contribution in [0.1, 0.15) is 75.2 Å². The lowest BCUT2D eigenvalue weighted by molar-refractivity contribution is -0.119. The number of aryl methyl sites for hydroxylation is 1. The van der Waals surface area contributed by atoms with E-state index in [-0.39, 0.29) is 36.4 Å². The van der Waals surface area contributed by atoms with Gasteiger partial charge in [-0.2, -0.15) is 5.10 Å². The minimum Gasteiger partial charge on any atom is -0.307 e. The number of halogens is 2. The molecule has 3 heterocycles. The summed E-state index contributed by atoms with van der Waals surface area (Å²) >= 11 is 0. The van der Waals surface area contributed by atoms with Gasteiger partial charge in [-0.05, 0) is 61.9 Å². The maximum atomic E-state index is 13.2. The summed E-state index contributed by atoms with van der Waals surface area (Å²) < 4.78 is 26.4. The van der Waals surface area contributed by atoms with Crippen LogP contribution in [0.4, 0.5) is 14.6 Å². The maximum Gasteiger partial charge on any atom is 0.250 e. The molecular formula is C33H41F2N5O2. The van der Waals surface area contributed by atoms with Crippen LogP contribution in [0.25, 0.3) is 11.1 Å². The molecular weight excluding hydrogens is 536 g/mol. The zero-order valence-electron chi connectivity index (χ0n) is 24.9. The van der Waals surface area contributed by atoms with Crippen LogP contribution in [-0.4, -0.2) is 57.3 Å². The molecule has 0 bridgehead atoms. The number of amides is 1. The number of H-pyrrole nitrogens is 1. The van der Waals surface area contributed by atoms with Gasteiger partial charge in [0.2, 0.25) is 5.91 Å². The number of ketones is 1. The Labute approximate surface area is 246 Å². The Morgan fingerprint density at radius 2 is 1.86 bits per heavy atom. The van der Waals surface area contributed by atoms with Crippen LogP contribution in [0.3, 0.4) is 0 Å². The number of anilines is 1.